The highest BCUT2D eigenvalue weighted by atomic mass is 19.1. The molecular formula is C32H39FN2O4. The topological polar surface area (TPSA) is 67.9 Å². The van der Waals surface area contributed by atoms with E-state index >= 15 is 0 Å². The van der Waals surface area contributed by atoms with Crippen LogP contribution >= 0.6 is 0 Å². The molecule has 0 aliphatic rings. The molecule has 0 radical (unpaired) electrons. The lowest BCUT2D eigenvalue weighted by Crippen LogP contribution is -2.51. The van der Waals surface area contributed by atoms with E-state index in [0.717, 1.165) is 16.7 Å². The molecule has 0 bridgehead atoms. The maximum absolute atomic E-state index is 13.8. The molecule has 39 heavy (non-hydrogen) atoms. The second kappa shape index (κ2) is 14.9. The summed E-state index contributed by atoms with van der Waals surface area (Å²) in [6.07, 6.45) is 1.03. The van der Waals surface area contributed by atoms with Crippen LogP contribution in [-0.2, 0) is 29.0 Å². The van der Waals surface area contributed by atoms with Gasteiger partial charge >= 0.3 is 0 Å². The number of ether oxygens (including phenoxy) is 2. The maximum Gasteiger partial charge on any atom is 0.243 e. The number of halogens is 1. The van der Waals surface area contributed by atoms with Gasteiger partial charge < -0.3 is 19.7 Å². The van der Waals surface area contributed by atoms with Crippen molar-refractivity contribution in [3.05, 3.63) is 95.3 Å². The van der Waals surface area contributed by atoms with Gasteiger partial charge in [-0.3, -0.25) is 9.59 Å². The third-order valence-electron chi connectivity index (χ3n) is 6.20. The van der Waals surface area contributed by atoms with E-state index in [4.69, 9.17) is 9.47 Å². The third kappa shape index (κ3) is 9.13. The summed E-state index contributed by atoms with van der Waals surface area (Å²) < 4.78 is 25.0. The van der Waals surface area contributed by atoms with Crippen LogP contribution in [0.3, 0.4) is 0 Å². The summed E-state index contributed by atoms with van der Waals surface area (Å²) in [4.78, 5) is 28.9. The van der Waals surface area contributed by atoms with Gasteiger partial charge in [0, 0.05) is 25.4 Å². The monoisotopic (exact) mass is 534 g/mol. The van der Waals surface area contributed by atoms with E-state index < -0.39 is 6.04 Å². The molecule has 0 aliphatic heterocycles. The van der Waals surface area contributed by atoms with Gasteiger partial charge in [0.05, 0.1) is 13.2 Å². The van der Waals surface area contributed by atoms with Crippen LogP contribution in [0.25, 0.3) is 0 Å². The number of hydrogen-bond acceptors (Lipinski definition) is 4. The average molecular weight is 535 g/mol. The van der Waals surface area contributed by atoms with E-state index in [1.165, 1.54) is 12.1 Å². The van der Waals surface area contributed by atoms with E-state index in [2.05, 4.69) is 5.32 Å². The molecule has 0 saturated carbocycles. The van der Waals surface area contributed by atoms with Crippen LogP contribution in [0, 0.1) is 5.82 Å². The van der Waals surface area contributed by atoms with Gasteiger partial charge in [0.15, 0.2) is 11.5 Å². The van der Waals surface area contributed by atoms with Crippen LogP contribution in [0.1, 0.15) is 50.8 Å². The van der Waals surface area contributed by atoms with Crippen LogP contribution in [0.15, 0.2) is 72.8 Å². The summed E-state index contributed by atoms with van der Waals surface area (Å²) in [6.45, 7) is 8.83. The Balaban J connectivity index is 1.89. The third-order valence-corrected chi connectivity index (χ3v) is 6.20. The number of nitrogens with one attached hydrogen (secondary N) is 1. The van der Waals surface area contributed by atoms with Gasteiger partial charge in [-0.05, 0) is 75.1 Å². The minimum Gasteiger partial charge on any atom is -0.490 e. The van der Waals surface area contributed by atoms with Gasteiger partial charge in [-0.25, -0.2) is 4.39 Å². The first-order chi connectivity index (χ1) is 18.8. The Kier molecular flexibility index (Phi) is 11.3. The Morgan fingerprint density at radius 2 is 1.49 bits per heavy atom. The number of rotatable bonds is 14. The van der Waals surface area contributed by atoms with Crippen molar-refractivity contribution in [2.45, 2.75) is 65.6 Å². The van der Waals surface area contributed by atoms with Crippen LogP contribution in [-0.4, -0.2) is 42.0 Å². The molecule has 3 aromatic carbocycles. The molecule has 208 valence electrons. The zero-order valence-corrected chi connectivity index (χ0v) is 23.3. The fourth-order valence-corrected chi connectivity index (χ4v) is 4.37. The van der Waals surface area contributed by atoms with Crippen molar-refractivity contribution in [2.24, 2.45) is 0 Å². The van der Waals surface area contributed by atoms with Gasteiger partial charge in [0.1, 0.15) is 11.9 Å². The van der Waals surface area contributed by atoms with Crippen molar-refractivity contribution in [3.8, 4) is 11.5 Å². The molecule has 0 aliphatic carbocycles. The molecule has 1 N–H and O–H groups in total. The predicted octanol–water partition coefficient (Wildman–Crippen LogP) is 5.72. The minimum atomic E-state index is -0.730. The predicted molar refractivity (Wildman–Crippen MR) is 151 cm³/mol. The lowest BCUT2D eigenvalue weighted by Gasteiger charge is -2.32. The van der Waals surface area contributed by atoms with Gasteiger partial charge in [-0.1, -0.05) is 48.5 Å². The number of carbonyl (C=O) groups is 2. The first-order valence-electron chi connectivity index (χ1n) is 13.6. The SMILES string of the molecule is CCOc1ccc(CCC(=O)N(Cc2ccc(F)cc2)[C@H](Cc2ccccc2)C(=O)NC(C)C)cc1OCC. The zero-order chi connectivity index (χ0) is 28.2. The Bertz CT molecular complexity index is 1200. The molecule has 0 spiro atoms. The first-order valence-corrected chi connectivity index (χ1v) is 13.6. The smallest absolute Gasteiger partial charge is 0.243 e. The number of carbonyl (C=O) groups excluding carboxylic acids is 2. The number of hydrogen-bond donors (Lipinski definition) is 1. The molecule has 3 rings (SSSR count). The van der Waals surface area contributed by atoms with Gasteiger partial charge in [-0.15, -0.1) is 0 Å². The van der Waals surface area contributed by atoms with E-state index in [-0.39, 0.29) is 36.6 Å². The largest absolute Gasteiger partial charge is 0.490 e. The molecule has 0 unspecified atom stereocenters. The van der Waals surface area contributed by atoms with Gasteiger partial charge in [-0.2, -0.15) is 0 Å². The second-order valence-corrected chi connectivity index (χ2v) is 9.66. The lowest BCUT2D eigenvalue weighted by atomic mass is 10.0. The summed E-state index contributed by atoms with van der Waals surface area (Å²) in [6, 6.07) is 20.6. The normalized spacial score (nSPS) is 11.6. The van der Waals surface area contributed by atoms with Crippen LogP contribution in [0.4, 0.5) is 4.39 Å². The van der Waals surface area contributed by atoms with Crippen molar-refractivity contribution in [1.29, 1.82) is 0 Å². The molecule has 0 heterocycles. The fraction of sp³-hybridized carbons (Fsp3) is 0.375. The summed E-state index contributed by atoms with van der Waals surface area (Å²) in [5, 5.41) is 2.98. The number of nitrogens with zero attached hydrogens (tertiary/aromatic N) is 1. The van der Waals surface area contributed by atoms with Crippen LogP contribution < -0.4 is 14.8 Å². The second-order valence-electron chi connectivity index (χ2n) is 9.66. The molecule has 1 atom stereocenters. The first kappa shape index (κ1) is 29.7. The molecule has 6 nitrogen and oxygen atoms in total. The summed E-state index contributed by atoms with van der Waals surface area (Å²) in [5.74, 6) is 0.581. The Morgan fingerprint density at radius 3 is 2.13 bits per heavy atom. The summed E-state index contributed by atoms with van der Waals surface area (Å²) in [7, 11) is 0. The molecule has 0 fully saturated rings. The molecule has 0 aromatic heterocycles. The highest BCUT2D eigenvalue weighted by Crippen LogP contribution is 2.29. The summed E-state index contributed by atoms with van der Waals surface area (Å²) in [5.41, 5.74) is 2.63. The minimum absolute atomic E-state index is 0.0839. The van der Waals surface area contributed by atoms with Crippen LogP contribution in [0.5, 0.6) is 11.5 Å². The molecule has 3 aromatic rings. The number of benzene rings is 3. The van der Waals surface area contributed by atoms with E-state index in [1.54, 1.807) is 17.0 Å². The van der Waals surface area contributed by atoms with Crippen molar-refractivity contribution >= 4 is 11.8 Å². The molecule has 7 heteroatoms. The quantitative estimate of drug-likeness (QED) is 0.287. The van der Waals surface area contributed by atoms with E-state index in [0.29, 0.717) is 37.6 Å². The van der Waals surface area contributed by atoms with Crippen molar-refractivity contribution in [3.63, 3.8) is 0 Å². The zero-order valence-electron chi connectivity index (χ0n) is 23.3. The van der Waals surface area contributed by atoms with Crippen molar-refractivity contribution in [2.75, 3.05) is 13.2 Å². The Morgan fingerprint density at radius 1 is 0.846 bits per heavy atom. The van der Waals surface area contributed by atoms with E-state index in [9.17, 15) is 14.0 Å². The Hall–Kier alpha value is -3.87. The number of aryl methyl sites for hydroxylation is 1. The van der Waals surface area contributed by atoms with Crippen molar-refractivity contribution < 1.29 is 23.5 Å². The number of amides is 2. The van der Waals surface area contributed by atoms with Gasteiger partial charge in [0.25, 0.3) is 0 Å². The standard InChI is InChI=1S/C32H39FN2O4/c1-5-38-29-18-14-25(21-30(29)39-6-2)15-19-31(36)35(22-26-12-16-27(33)17-13-26)28(32(37)34-23(3)4)20-24-10-8-7-9-11-24/h7-14,16-18,21,23,28H,5-6,15,19-20,22H2,1-4H3,(H,34,37)/t28-/m1/s1. The Labute approximate surface area is 231 Å². The molecule has 2 amide bonds. The van der Waals surface area contributed by atoms with E-state index in [1.807, 2.05) is 76.2 Å². The van der Waals surface area contributed by atoms with Crippen molar-refractivity contribution in [1.82, 2.24) is 10.2 Å². The fourth-order valence-electron chi connectivity index (χ4n) is 4.37. The maximum atomic E-state index is 13.8. The molecule has 0 saturated heterocycles. The highest BCUT2D eigenvalue weighted by molar-refractivity contribution is 5.88. The summed E-state index contributed by atoms with van der Waals surface area (Å²) >= 11 is 0. The van der Waals surface area contributed by atoms with Crippen LogP contribution in [0.2, 0.25) is 0 Å². The highest BCUT2D eigenvalue weighted by Gasteiger charge is 2.30. The molecular weight excluding hydrogens is 495 g/mol. The lowest BCUT2D eigenvalue weighted by molar-refractivity contribution is -0.141. The van der Waals surface area contributed by atoms with Gasteiger partial charge in [0.2, 0.25) is 11.8 Å². The average Bonchev–Trinajstić information content (AvgIpc) is 2.92.